The van der Waals surface area contributed by atoms with Crippen molar-refractivity contribution < 1.29 is 18.0 Å². The monoisotopic (exact) mass is 449 g/mol. The maximum atomic E-state index is 13.2. The summed E-state index contributed by atoms with van der Waals surface area (Å²) in [6, 6.07) is 14.3. The van der Waals surface area contributed by atoms with E-state index >= 15 is 0 Å². The van der Waals surface area contributed by atoms with Gasteiger partial charge in [-0.15, -0.1) is 10.2 Å². The minimum atomic E-state index is -4.55. The van der Waals surface area contributed by atoms with Crippen molar-refractivity contribution in [3.8, 4) is 5.69 Å². The van der Waals surface area contributed by atoms with Gasteiger partial charge in [0.05, 0.1) is 23.0 Å². The second-order valence-corrected chi connectivity index (χ2v) is 7.97. The van der Waals surface area contributed by atoms with Crippen molar-refractivity contribution in [1.29, 1.82) is 0 Å². The van der Waals surface area contributed by atoms with Crippen molar-refractivity contribution in [2.75, 3.05) is 25.2 Å². The molecule has 164 valence electrons. The van der Waals surface area contributed by atoms with Crippen LogP contribution >= 0.6 is 11.8 Å². The van der Waals surface area contributed by atoms with Crippen LogP contribution in [0.5, 0.6) is 0 Å². The molecule has 2 aromatic carbocycles. The van der Waals surface area contributed by atoms with Crippen LogP contribution in [0.15, 0.2) is 59.8 Å². The van der Waals surface area contributed by atoms with Crippen LogP contribution in [0.3, 0.4) is 0 Å². The molecule has 0 aliphatic rings. The number of nitrogens with one attached hydrogen (secondary N) is 1. The number of thioether (sulfide) groups is 1. The Balaban J connectivity index is 1.80. The first kappa shape index (κ1) is 22.8. The Bertz CT molecular complexity index is 1040. The molecular formula is C21H22F3N5OS. The molecule has 0 bridgehead atoms. The first-order valence-corrected chi connectivity index (χ1v) is 10.4. The van der Waals surface area contributed by atoms with Gasteiger partial charge >= 0.3 is 6.18 Å². The maximum absolute atomic E-state index is 13.2. The topological polar surface area (TPSA) is 63.1 Å². The first-order chi connectivity index (χ1) is 14.7. The SMILES string of the molecule is C[C@H](c1nnc(SCC(=O)Nc2ccccc2C(F)(F)F)n1-c1ccccc1)N(C)C. The third-order valence-electron chi connectivity index (χ3n) is 4.66. The van der Waals surface area contributed by atoms with Gasteiger partial charge < -0.3 is 5.32 Å². The molecule has 1 heterocycles. The van der Waals surface area contributed by atoms with E-state index in [1.54, 1.807) is 0 Å². The van der Waals surface area contributed by atoms with Gasteiger partial charge in [-0.3, -0.25) is 14.3 Å². The maximum Gasteiger partial charge on any atom is 0.418 e. The van der Waals surface area contributed by atoms with E-state index in [-0.39, 0.29) is 17.5 Å². The molecule has 1 amide bonds. The number of aromatic nitrogens is 3. The molecule has 0 fully saturated rings. The Kier molecular flexibility index (Phi) is 7.01. The Hall–Kier alpha value is -2.85. The van der Waals surface area contributed by atoms with Gasteiger partial charge in [-0.2, -0.15) is 13.2 Å². The average molecular weight is 450 g/mol. The van der Waals surface area contributed by atoms with Crippen molar-refractivity contribution in [3.05, 3.63) is 66.0 Å². The van der Waals surface area contributed by atoms with Crippen LogP contribution in [0.1, 0.15) is 24.4 Å². The van der Waals surface area contributed by atoms with Gasteiger partial charge in [-0.25, -0.2) is 0 Å². The summed E-state index contributed by atoms with van der Waals surface area (Å²) in [6.07, 6.45) is -4.55. The number of halogens is 3. The van der Waals surface area contributed by atoms with E-state index < -0.39 is 17.6 Å². The zero-order valence-corrected chi connectivity index (χ0v) is 18.0. The predicted octanol–water partition coefficient (Wildman–Crippen LogP) is 4.64. The molecule has 0 unspecified atom stereocenters. The highest BCUT2D eigenvalue weighted by Gasteiger charge is 2.33. The van der Waals surface area contributed by atoms with Gasteiger partial charge in [0, 0.05) is 5.69 Å². The van der Waals surface area contributed by atoms with Crippen LogP contribution in [0.4, 0.5) is 18.9 Å². The summed E-state index contributed by atoms with van der Waals surface area (Å²) in [7, 11) is 3.85. The molecule has 0 radical (unpaired) electrons. The van der Waals surface area contributed by atoms with Gasteiger partial charge in [0.15, 0.2) is 11.0 Å². The van der Waals surface area contributed by atoms with E-state index in [1.807, 2.05) is 60.8 Å². The summed E-state index contributed by atoms with van der Waals surface area (Å²) in [4.78, 5) is 14.4. The summed E-state index contributed by atoms with van der Waals surface area (Å²) in [5.41, 5.74) is -0.323. The Labute approximate surface area is 182 Å². The number of hydrogen-bond donors (Lipinski definition) is 1. The summed E-state index contributed by atoms with van der Waals surface area (Å²) < 4.78 is 41.3. The molecule has 0 spiro atoms. The minimum Gasteiger partial charge on any atom is -0.325 e. The fourth-order valence-corrected chi connectivity index (χ4v) is 3.61. The van der Waals surface area contributed by atoms with E-state index in [0.29, 0.717) is 11.0 Å². The number of alkyl halides is 3. The molecule has 6 nitrogen and oxygen atoms in total. The van der Waals surface area contributed by atoms with Crippen molar-refractivity contribution in [2.45, 2.75) is 24.3 Å². The summed E-state index contributed by atoms with van der Waals surface area (Å²) in [5.74, 6) is 0.0149. The Morgan fingerprint density at radius 2 is 1.74 bits per heavy atom. The highest BCUT2D eigenvalue weighted by molar-refractivity contribution is 7.99. The zero-order chi connectivity index (χ0) is 22.6. The fraction of sp³-hybridized carbons (Fsp3) is 0.286. The van der Waals surface area contributed by atoms with E-state index in [4.69, 9.17) is 0 Å². The second-order valence-electron chi connectivity index (χ2n) is 7.03. The van der Waals surface area contributed by atoms with Crippen LogP contribution in [0, 0.1) is 0 Å². The lowest BCUT2D eigenvalue weighted by atomic mass is 10.1. The third kappa shape index (κ3) is 5.45. The molecular weight excluding hydrogens is 427 g/mol. The quantitative estimate of drug-likeness (QED) is 0.533. The molecule has 31 heavy (non-hydrogen) atoms. The molecule has 10 heteroatoms. The number of anilines is 1. The molecule has 0 saturated heterocycles. The van der Waals surface area contributed by atoms with Crippen LogP contribution in [0.25, 0.3) is 5.69 Å². The lowest BCUT2D eigenvalue weighted by Crippen LogP contribution is -2.21. The number of amides is 1. The van der Waals surface area contributed by atoms with E-state index in [0.717, 1.165) is 23.5 Å². The predicted molar refractivity (Wildman–Crippen MR) is 114 cm³/mol. The van der Waals surface area contributed by atoms with Gasteiger partial charge in [0.2, 0.25) is 5.91 Å². The smallest absolute Gasteiger partial charge is 0.325 e. The number of carbonyl (C=O) groups is 1. The fourth-order valence-electron chi connectivity index (χ4n) is 2.85. The number of para-hydroxylation sites is 2. The van der Waals surface area contributed by atoms with Gasteiger partial charge in [-0.1, -0.05) is 42.1 Å². The largest absolute Gasteiger partial charge is 0.418 e. The van der Waals surface area contributed by atoms with Crippen molar-refractivity contribution >= 4 is 23.4 Å². The Morgan fingerprint density at radius 3 is 2.39 bits per heavy atom. The lowest BCUT2D eigenvalue weighted by molar-refractivity contribution is -0.137. The van der Waals surface area contributed by atoms with Crippen LogP contribution in [0.2, 0.25) is 0 Å². The van der Waals surface area contributed by atoms with Crippen LogP contribution < -0.4 is 5.32 Å². The molecule has 3 rings (SSSR count). The lowest BCUT2D eigenvalue weighted by Gasteiger charge is -2.20. The molecule has 1 aromatic heterocycles. The van der Waals surface area contributed by atoms with Gasteiger partial charge in [0.1, 0.15) is 0 Å². The van der Waals surface area contributed by atoms with Crippen molar-refractivity contribution in [1.82, 2.24) is 19.7 Å². The molecule has 3 aromatic rings. The van der Waals surface area contributed by atoms with Crippen LogP contribution in [-0.4, -0.2) is 45.4 Å². The normalized spacial score (nSPS) is 12.7. The molecule has 1 N–H and O–H groups in total. The number of rotatable bonds is 7. The summed E-state index contributed by atoms with van der Waals surface area (Å²) in [5, 5.41) is 11.3. The van der Waals surface area contributed by atoms with Gasteiger partial charge in [-0.05, 0) is 45.3 Å². The highest BCUT2D eigenvalue weighted by Crippen LogP contribution is 2.34. The first-order valence-electron chi connectivity index (χ1n) is 9.44. The van der Waals surface area contributed by atoms with Crippen molar-refractivity contribution in [3.63, 3.8) is 0 Å². The zero-order valence-electron chi connectivity index (χ0n) is 17.2. The average Bonchev–Trinajstić information content (AvgIpc) is 3.15. The summed E-state index contributed by atoms with van der Waals surface area (Å²) in [6.45, 7) is 1.98. The molecule has 0 aliphatic carbocycles. The van der Waals surface area contributed by atoms with E-state index in [1.165, 1.54) is 18.2 Å². The number of hydrogen-bond acceptors (Lipinski definition) is 5. The standard InChI is InChI=1S/C21H22F3N5OS/c1-14(28(2)3)19-26-27-20(29(19)15-9-5-4-6-10-15)31-13-18(30)25-17-12-8-7-11-16(17)21(22,23)24/h4-12,14H,13H2,1-3H3,(H,25,30)/t14-/m1/s1. The third-order valence-corrected chi connectivity index (χ3v) is 5.59. The number of nitrogens with zero attached hydrogens (tertiary/aromatic N) is 4. The van der Waals surface area contributed by atoms with Crippen molar-refractivity contribution in [2.24, 2.45) is 0 Å². The number of carbonyl (C=O) groups excluding carboxylic acids is 1. The van der Waals surface area contributed by atoms with Gasteiger partial charge in [0.25, 0.3) is 0 Å². The molecule has 0 saturated carbocycles. The van der Waals surface area contributed by atoms with E-state index in [9.17, 15) is 18.0 Å². The second kappa shape index (κ2) is 9.52. The van der Waals surface area contributed by atoms with E-state index in [2.05, 4.69) is 15.5 Å². The molecule has 0 aliphatic heterocycles. The minimum absolute atomic E-state index is 0.0467. The highest BCUT2D eigenvalue weighted by atomic mass is 32.2. The van der Waals surface area contributed by atoms with Crippen LogP contribution in [-0.2, 0) is 11.0 Å². The summed E-state index contributed by atoms with van der Waals surface area (Å²) >= 11 is 1.11. The number of benzene rings is 2. The Morgan fingerprint density at radius 1 is 1.10 bits per heavy atom. The molecule has 1 atom stereocenters.